The number of nitrogens with one attached hydrogen (secondary N) is 1. The van der Waals surface area contributed by atoms with Crippen LogP contribution in [-0.4, -0.2) is 12.7 Å². The van der Waals surface area contributed by atoms with Crippen LogP contribution in [0.5, 0.6) is 0 Å². The van der Waals surface area contributed by atoms with Crippen molar-refractivity contribution in [1.29, 1.82) is 0 Å². The van der Waals surface area contributed by atoms with Gasteiger partial charge in [-0.3, -0.25) is 11.3 Å². The van der Waals surface area contributed by atoms with Crippen molar-refractivity contribution in [3.8, 4) is 0 Å². The van der Waals surface area contributed by atoms with Crippen LogP contribution < -0.4 is 11.3 Å². The average Bonchev–Trinajstić information content (AvgIpc) is 2.82. The molecule has 2 atom stereocenters. The summed E-state index contributed by atoms with van der Waals surface area (Å²) < 4.78 is 19.3. The summed E-state index contributed by atoms with van der Waals surface area (Å²) in [7, 11) is 0. The molecule has 0 saturated carbocycles. The summed E-state index contributed by atoms with van der Waals surface area (Å²) in [6, 6.07) is 4.91. The highest BCUT2D eigenvalue weighted by Crippen LogP contribution is 2.26. The minimum Gasteiger partial charge on any atom is -0.378 e. The zero-order valence-corrected chi connectivity index (χ0v) is 10.1. The standard InChI is InChI=1S/C13H19FN2O/c1-9-4-5-12(14)11(7-9)13(16-15)8-10-3-2-6-17-10/h4-5,7,10,13,16H,2-3,6,8,15H2,1H3. The van der Waals surface area contributed by atoms with Crippen molar-refractivity contribution in [2.75, 3.05) is 6.61 Å². The van der Waals surface area contributed by atoms with Gasteiger partial charge < -0.3 is 4.74 Å². The number of rotatable bonds is 4. The summed E-state index contributed by atoms with van der Waals surface area (Å²) in [6.45, 7) is 2.75. The highest BCUT2D eigenvalue weighted by atomic mass is 19.1. The molecule has 2 unspecified atom stereocenters. The molecular weight excluding hydrogens is 219 g/mol. The fourth-order valence-electron chi connectivity index (χ4n) is 2.31. The summed E-state index contributed by atoms with van der Waals surface area (Å²) in [5.74, 6) is 5.32. The molecule has 0 radical (unpaired) electrons. The maximum absolute atomic E-state index is 13.7. The molecular formula is C13H19FN2O. The lowest BCUT2D eigenvalue weighted by molar-refractivity contribution is 0.0942. The highest BCUT2D eigenvalue weighted by Gasteiger charge is 2.23. The maximum atomic E-state index is 13.7. The van der Waals surface area contributed by atoms with Gasteiger partial charge in [-0.1, -0.05) is 17.7 Å². The quantitative estimate of drug-likeness (QED) is 0.624. The Balaban J connectivity index is 2.13. The molecule has 4 heteroatoms. The van der Waals surface area contributed by atoms with Gasteiger partial charge in [0, 0.05) is 12.2 Å². The molecule has 0 amide bonds. The number of ether oxygens (including phenoxy) is 1. The monoisotopic (exact) mass is 238 g/mol. The third-order valence-electron chi connectivity index (χ3n) is 3.25. The van der Waals surface area contributed by atoms with E-state index in [1.165, 1.54) is 6.07 Å². The van der Waals surface area contributed by atoms with E-state index in [0.717, 1.165) is 31.4 Å². The Morgan fingerprint density at radius 3 is 3.06 bits per heavy atom. The van der Waals surface area contributed by atoms with Gasteiger partial charge in [0.25, 0.3) is 0 Å². The van der Waals surface area contributed by atoms with Gasteiger partial charge >= 0.3 is 0 Å². The van der Waals surface area contributed by atoms with Crippen LogP contribution in [-0.2, 0) is 4.74 Å². The molecule has 0 bridgehead atoms. The molecule has 0 spiro atoms. The van der Waals surface area contributed by atoms with Crippen LogP contribution >= 0.6 is 0 Å². The predicted octanol–water partition coefficient (Wildman–Crippen LogP) is 2.21. The molecule has 1 heterocycles. The Labute approximate surface area is 101 Å². The van der Waals surface area contributed by atoms with Crippen LogP contribution in [0.15, 0.2) is 18.2 Å². The SMILES string of the molecule is Cc1ccc(F)c(C(CC2CCCO2)NN)c1. The van der Waals surface area contributed by atoms with Crippen LogP contribution in [0.25, 0.3) is 0 Å². The van der Waals surface area contributed by atoms with Crippen LogP contribution in [0.4, 0.5) is 4.39 Å². The second-order valence-electron chi connectivity index (χ2n) is 4.61. The molecule has 1 aliphatic heterocycles. The van der Waals surface area contributed by atoms with Crippen molar-refractivity contribution in [2.45, 2.75) is 38.3 Å². The van der Waals surface area contributed by atoms with Crippen molar-refractivity contribution >= 4 is 0 Å². The fourth-order valence-corrected chi connectivity index (χ4v) is 2.31. The van der Waals surface area contributed by atoms with E-state index in [0.29, 0.717) is 5.56 Å². The van der Waals surface area contributed by atoms with Crippen LogP contribution in [0.1, 0.15) is 36.4 Å². The Morgan fingerprint density at radius 1 is 1.59 bits per heavy atom. The first-order chi connectivity index (χ1) is 8.20. The first-order valence-corrected chi connectivity index (χ1v) is 6.04. The molecule has 1 aliphatic rings. The number of hydrazine groups is 1. The van der Waals surface area contributed by atoms with Crippen LogP contribution in [0.2, 0.25) is 0 Å². The van der Waals surface area contributed by atoms with Gasteiger partial charge in [0.05, 0.1) is 12.1 Å². The molecule has 0 aliphatic carbocycles. The second kappa shape index (κ2) is 5.58. The Bertz CT molecular complexity index is 378. The summed E-state index contributed by atoms with van der Waals surface area (Å²) in [5.41, 5.74) is 4.36. The van der Waals surface area contributed by atoms with E-state index in [1.807, 2.05) is 13.0 Å². The third kappa shape index (κ3) is 3.03. The van der Waals surface area contributed by atoms with Crippen molar-refractivity contribution in [1.82, 2.24) is 5.43 Å². The zero-order chi connectivity index (χ0) is 12.3. The lowest BCUT2D eigenvalue weighted by Crippen LogP contribution is -2.31. The minimum absolute atomic E-state index is 0.182. The number of hydrogen-bond acceptors (Lipinski definition) is 3. The molecule has 2 rings (SSSR count). The molecule has 3 N–H and O–H groups in total. The van der Waals surface area contributed by atoms with E-state index in [1.54, 1.807) is 6.07 Å². The molecule has 17 heavy (non-hydrogen) atoms. The Morgan fingerprint density at radius 2 is 2.41 bits per heavy atom. The average molecular weight is 238 g/mol. The lowest BCUT2D eigenvalue weighted by Gasteiger charge is -2.20. The van der Waals surface area contributed by atoms with Gasteiger partial charge in [0.15, 0.2) is 0 Å². The lowest BCUT2D eigenvalue weighted by atomic mass is 9.98. The van der Waals surface area contributed by atoms with E-state index in [4.69, 9.17) is 10.6 Å². The number of nitrogens with two attached hydrogens (primary N) is 1. The van der Waals surface area contributed by atoms with Crippen molar-refractivity contribution < 1.29 is 9.13 Å². The zero-order valence-electron chi connectivity index (χ0n) is 10.1. The van der Waals surface area contributed by atoms with Gasteiger partial charge in [0.1, 0.15) is 5.82 Å². The van der Waals surface area contributed by atoms with Crippen molar-refractivity contribution in [2.24, 2.45) is 5.84 Å². The molecule has 1 aromatic rings. The van der Waals surface area contributed by atoms with E-state index >= 15 is 0 Å². The summed E-state index contributed by atoms with van der Waals surface area (Å²) in [5, 5.41) is 0. The van der Waals surface area contributed by atoms with Gasteiger partial charge in [-0.05, 0) is 32.3 Å². The molecule has 1 saturated heterocycles. The molecule has 94 valence electrons. The number of aryl methyl sites for hydroxylation is 1. The summed E-state index contributed by atoms with van der Waals surface area (Å²) in [6.07, 6.45) is 3.02. The molecule has 0 aromatic heterocycles. The van der Waals surface area contributed by atoms with Gasteiger partial charge in [-0.15, -0.1) is 0 Å². The van der Waals surface area contributed by atoms with E-state index in [2.05, 4.69) is 5.43 Å². The summed E-state index contributed by atoms with van der Waals surface area (Å²) in [4.78, 5) is 0. The fraction of sp³-hybridized carbons (Fsp3) is 0.538. The highest BCUT2D eigenvalue weighted by molar-refractivity contribution is 5.26. The third-order valence-corrected chi connectivity index (χ3v) is 3.25. The minimum atomic E-state index is -0.212. The molecule has 1 aromatic carbocycles. The van der Waals surface area contributed by atoms with Crippen molar-refractivity contribution in [3.63, 3.8) is 0 Å². The second-order valence-corrected chi connectivity index (χ2v) is 4.61. The van der Waals surface area contributed by atoms with E-state index < -0.39 is 0 Å². The van der Waals surface area contributed by atoms with Gasteiger partial charge in [0.2, 0.25) is 0 Å². The first kappa shape index (κ1) is 12.5. The largest absolute Gasteiger partial charge is 0.378 e. The number of benzene rings is 1. The number of halogens is 1. The predicted molar refractivity (Wildman–Crippen MR) is 64.8 cm³/mol. The van der Waals surface area contributed by atoms with E-state index in [-0.39, 0.29) is 18.0 Å². The Kier molecular flexibility index (Phi) is 4.10. The van der Waals surface area contributed by atoms with Gasteiger partial charge in [-0.25, -0.2) is 4.39 Å². The first-order valence-electron chi connectivity index (χ1n) is 6.04. The summed E-state index contributed by atoms with van der Waals surface area (Å²) >= 11 is 0. The smallest absolute Gasteiger partial charge is 0.128 e. The molecule has 1 fully saturated rings. The normalized spacial score (nSPS) is 21.7. The van der Waals surface area contributed by atoms with E-state index in [9.17, 15) is 4.39 Å². The maximum Gasteiger partial charge on any atom is 0.128 e. The Hall–Kier alpha value is -0.970. The van der Waals surface area contributed by atoms with Crippen LogP contribution in [0.3, 0.4) is 0 Å². The van der Waals surface area contributed by atoms with Gasteiger partial charge in [-0.2, -0.15) is 0 Å². The van der Waals surface area contributed by atoms with Crippen LogP contribution in [0, 0.1) is 12.7 Å². The molecule has 3 nitrogen and oxygen atoms in total. The van der Waals surface area contributed by atoms with Crippen molar-refractivity contribution in [3.05, 3.63) is 35.1 Å². The topological polar surface area (TPSA) is 47.3 Å². The number of hydrogen-bond donors (Lipinski definition) is 2.